The molecule has 4 nitrogen and oxygen atoms in total. The second-order valence-corrected chi connectivity index (χ2v) is 7.75. The summed E-state index contributed by atoms with van der Waals surface area (Å²) in [6.07, 6.45) is 6.00. The highest BCUT2D eigenvalue weighted by Crippen LogP contribution is 2.27. The van der Waals surface area contributed by atoms with Gasteiger partial charge in [0.05, 0.1) is 6.42 Å². The Labute approximate surface area is 171 Å². The van der Waals surface area contributed by atoms with E-state index in [1.165, 1.54) is 19.3 Å². The average Bonchev–Trinajstić information content (AvgIpc) is 2.95. The Morgan fingerprint density at radius 2 is 1.69 bits per heavy atom. The summed E-state index contributed by atoms with van der Waals surface area (Å²) in [6.45, 7) is 0. The lowest BCUT2D eigenvalue weighted by Gasteiger charge is -2.22. The van der Waals surface area contributed by atoms with E-state index in [1.54, 1.807) is 12.1 Å². The first-order valence-electron chi connectivity index (χ1n) is 10.4. The lowest BCUT2D eigenvalue weighted by molar-refractivity contribution is -0.115. The molecule has 1 aromatic carbocycles. The van der Waals surface area contributed by atoms with Gasteiger partial charge in [-0.25, -0.2) is 0 Å². The third-order valence-electron chi connectivity index (χ3n) is 5.58. The molecule has 1 aromatic rings. The summed E-state index contributed by atoms with van der Waals surface area (Å²) in [4.78, 5) is 25.1. The predicted molar refractivity (Wildman–Crippen MR) is 116 cm³/mol. The Balaban J connectivity index is 1.39. The number of hydrogen-bond acceptors (Lipinski definition) is 2. The van der Waals surface area contributed by atoms with Gasteiger partial charge >= 0.3 is 0 Å². The number of anilines is 1. The quantitative estimate of drug-likeness (QED) is 0.646. The summed E-state index contributed by atoms with van der Waals surface area (Å²) < 4.78 is 0. The molecular formula is C25H26N2O2. The van der Waals surface area contributed by atoms with Gasteiger partial charge in [-0.05, 0) is 47.7 Å². The first-order chi connectivity index (χ1) is 14.2. The van der Waals surface area contributed by atoms with Crippen LogP contribution in [0.5, 0.6) is 0 Å². The van der Waals surface area contributed by atoms with Crippen LogP contribution < -0.4 is 10.6 Å². The second kappa shape index (κ2) is 8.91. The van der Waals surface area contributed by atoms with Gasteiger partial charge in [0.15, 0.2) is 0 Å². The Bertz CT molecular complexity index is 976. The third-order valence-corrected chi connectivity index (χ3v) is 5.58. The van der Waals surface area contributed by atoms with Crippen molar-refractivity contribution in [1.82, 2.24) is 5.32 Å². The summed E-state index contributed by atoms with van der Waals surface area (Å²) in [5, 5.41) is 6.06. The van der Waals surface area contributed by atoms with Gasteiger partial charge in [-0.3, -0.25) is 9.59 Å². The largest absolute Gasteiger partial charge is 0.349 e. The SMILES string of the molecule is O=C(Cc1ccc2cccccc1-2)Nc1cccc(C(=O)NC2CCCCC2)c1. The van der Waals surface area contributed by atoms with E-state index in [4.69, 9.17) is 0 Å². The number of benzene rings is 1. The van der Waals surface area contributed by atoms with Gasteiger partial charge in [0.1, 0.15) is 0 Å². The van der Waals surface area contributed by atoms with E-state index < -0.39 is 0 Å². The maximum Gasteiger partial charge on any atom is 0.251 e. The molecule has 3 aliphatic carbocycles. The monoisotopic (exact) mass is 386 g/mol. The van der Waals surface area contributed by atoms with Crippen LogP contribution in [0.4, 0.5) is 5.69 Å². The number of carbonyl (C=O) groups is 2. The van der Waals surface area contributed by atoms with Crippen molar-refractivity contribution in [3.05, 3.63) is 77.9 Å². The maximum atomic E-state index is 12.6. The highest BCUT2D eigenvalue weighted by atomic mass is 16.2. The van der Waals surface area contributed by atoms with Crippen molar-refractivity contribution in [3.63, 3.8) is 0 Å². The lowest BCUT2D eigenvalue weighted by atomic mass is 9.95. The third kappa shape index (κ3) is 4.83. The van der Waals surface area contributed by atoms with E-state index in [1.807, 2.05) is 54.6 Å². The standard InChI is InChI=1S/C25H26N2O2/c28-24(17-19-15-14-18-8-3-1-6-13-23(18)19)26-22-12-7-9-20(16-22)25(29)27-21-10-4-2-5-11-21/h1,3,6-9,12-16,21H,2,4-5,10-11,17H2,(H,26,28)(H,27,29). The number of carbonyl (C=O) groups excluding carboxylic acids is 2. The first kappa shape index (κ1) is 19.2. The first-order valence-corrected chi connectivity index (χ1v) is 10.4. The Morgan fingerprint density at radius 1 is 0.862 bits per heavy atom. The van der Waals surface area contributed by atoms with E-state index in [9.17, 15) is 9.59 Å². The normalized spacial score (nSPS) is 14.5. The fourth-order valence-corrected chi connectivity index (χ4v) is 4.07. The molecule has 148 valence electrons. The van der Waals surface area contributed by atoms with Crippen LogP contribution in [0.3, 0.4) is 0 Å². The minimum Gasteiger partial charge on any atom is -0.349 e. The molecule has 2 N–H and O–H groups in total. The van der Waals surface area contributed by atoms with Crippen molar-refractivity contribution in [3.8, 4) is 11.1 Å². The maximum absolute atomic E-state index is 12.6. The van der Waals surface area contributed by atoms with Crippen molar-refractivity contribution >= 4 is 17.5 Å². The molecule has 0 bridgehead atoms. The van der Waals surface area contributed by atoms with E-state index in [0.717, 1.165) is 29.5 Å². The minimum atomic E-state index is -0.0890. The molecular weight excluding hydrogens is 360 g/mol. The van der Waals surface area contributed by atoms with Crippen LogP contribution in [0.2, 0.25) is 0 Å². The number of fused-ring (bicyclic) bond motifs is 1. The molecule has 4 heteroatoms. The number of nitrogens with one attached hydrogen (secondary N) is 2. The number of rotatable bonds is 5. The molecule has 0 radical (unpaired) electrons. The Morgan fingerprint density at radius 3 is 2.55 bits per heavy atom. The summed E-state index contributed by atoms with van der Waals surface area (Å²) in [5.41, 5.74) is 4.44. The lowest BCUT2D eigenvalue weighted by Crippen LogP contribution is -2.36. The van der Waals surface area contributed by atoms with Crippen molar-refractivity contribution in [2.45, 2.75) is 44.6 Å². The van der Waals surface area contributed by atoms with Crippen LogP contribution in [0.25, 0.3) is 11.1 Å². The summed E-state index contributed by atoms with van der Waals surface area (Å²) in [7, 11) is 0. The van der Waals surface area contributed by atoms with Gasteiger partial charge < -0.3 is 10.6 Å². The van der Waals surface area contributed by atoms with Crippen molar-refractivity contribution in [2.24, 2.45) is 0 Å². The molecule has 0 unspecified atom stereocenters. The molecule has 0 aliphatic heterocycles. The molecule has 0 spiro atoms. The van der Waals surface area contributed by atoms with Crippen LogP contribution in [-0.4, -0.2) is 17.9 Å². The summed E-state index contributed by atoms with van der Waals surface area (Å²) >= 11 is 0. The van der Waals surface area contributed by atoms with Gasteiger partial charge in [0.2, 0.25) is 5.91 Å². The van der Waals surface area contributed by atoms with Gasteiger partial charge in [0, 0.05) is 17.3 Å². The second-order valence-electron chi connectivity index (χ2n) is 7.75. The predicted octanol–water partition coefficient (Wildman–Crippen LogP) is 5.04. The molecule has 0 atom stereocenters. The van der Waals surface area contributed by atoms with E-state index in [2.05, 4.69) is 10.6 Å². The van der Waals surface area contributed by atoms with Gasteiger partial charge in [0.25, 0.3) is 5.91 Å². The molecule has 29 heavy (non-hydrogen) atoms. The van der Waals surface area contributed by atoms with Crippen molar-refractivity contribution < 1.29 is 9.59 Å². The van der Waals surface area contributed by atoms with E-state index >= 15 is 0 Å². The number of amides is 2. The molecule has 0 heterocycles. The molecule has 0 saturated heterocycles. The zero-order valence-corrected chi connectivity index (χ0v) is 16.5. The zero-order chi connectivity index (χ0) is 20.1. The highest BCUT2D eigenvalue weighted by Gasteiger charge is 2.17. The smallest absolute Gasteiger partial charge is 0.251 e. The molecule has 3 aliphatic rings. The van der Waals surface area contributed by atoms with Gasteiger partial charge in [-0.1, -0.05) is 67.8 Å². The molecule has 1 fully saturated rings. The highest BCUT2D eigenvalue weighted by molar-refractivity contribution is 5.98. The Kier molecular flexibility index (Phi) is 5.89. The Hall–Kier alpha value is -3.14. The van der Waals surface area contributed by atoms with Crippen molar-refractivity contribution in [1.29, 1.82) is 0 Å². The van der Waals surface area contributed by atoms with E-state index in [-0.39, 0.29) is 17.9 Å². The average molecular weight is 386 g/mol. The molecule has 0 aromatic heterocycles. The van der Waals surface area contributed by atoms with Gasteiger partial charge in [-0.15, -0.1) is 0 Å². The van der Waals surface area contributed by atoms with Crippen LogP contribution in [0, 0.1) is 0 Å². The fraction of sp³-hybridized carbons (Fsp3) is 0.280. The van der Waals surface area contributed by atoms with Gasteiger partial charge in [-0.2, -0.15) is 0 Å². The van der Waals surface area contributed by atoms with Crippen LogP contribution in [0.15, 0.2) is 66.7 Å². The molecule has 1 saturated carbocycles. The molecule has 4 rings (SSSR count). The minimum absolute atomic E-state index is 0.0671. The van der Waals surface area contributed by atoms with Crippen molar-refractivity contribution in [2.75, 3.05) is 5.32 Å². The number of hydrogen-bond donors (Lipinski definition) is 2. The zero-order valence-electron chi connectivity index (χ0n) is 16.5. The van der Waals surface area contributed by atoms with Crippen LogP contribution in [-0.2, 0) is 11.2 Å². The fourth-order valence-electron chi connectivity index (χ4n) is 4.07. The van der Waals surface area contributed by atoms with Crippen LogP contribution >= 0.6 is 0 Å². The summed E-state index contributed by atoms with van der Waals surface area (Å²) in [6, 6.07) is 21.5. The summed E-state index contributed by atoms with van der Waals surface area (Å²) in [5.74, 6) is -0.156. The van der Waals surface area contributed by atoms with E-state index in [0.29, 0.717) is 17.7 Å². The van der Waals surface area contributed by atoms with Crippen LogP contribution in [0.1, 0.15) is 48.0 Å². The topological polar surface area (TPSA) is 58.2 Å². The molecule has 2 amide bonds.